The zero-order chi connectivity index (χ0) is 20.4. The molecule has 0 aliphatic carbocycles. The van der Waals surface area contributed by atoms with Crippen molar-refractivity contribution in [3.8, 4) is 0 Å². The van der Waals surface area contributed by atoms with Gasteiger partial charge < -0.3 is 9.30 Å². The Kier molecular flexibility index (Phi) is 5.63. The molecule has 0 aromatic carbocycles. The molecular weight excluding hydrogens is 356 g/mol. The number of pyridine rings is 1. The molecule has 0 bridgehead atoms. The summed E-state index contributed by atoms with van der Waals surface area (Å²) in [5.74, 6) is 0.526. The molecule has 7 heteroatoms. The minimum Gasteiger partial charge on any atom is -0.454 e. The van der Waals surface area contributed by atoms with Gasteiger partial charge in [0.05, 0.1) is 5.56 Å². The molecule has 0 unspecified atom stereocenters. The van der Waals surface area contributed by atoms with Crippen LogP contribution in [0.1, 0.15) is 58.2 Å². The Morgan fingerprint density at radius 2 is 1.89 bits per heavy atom. The number of hydrogen-bond donors (Lipinski definition) is 0. The fourth-order valence-corrected chi connectivity index (χ4v) is 3.23. The van der Waals surface area contributed by atoms with E-state index >= 15 is 0 Å². The molecule has 0 radical (unpaired) electrons. The van der Waals surface area contributed by atoms with E-state index < -0.39 is 5.97 Å². The lowest BCUT2D eigenvalue weighted by molar-refractivity contribution is 0.0474. The Morgan fingerprint density at radius 3 is 2.61 bits per heavy atom. The molecule has 0 atom stereocenters. The molecule has 0 spiro atoms. The van der Waals surface area contributed by atoms with Gasteiger partial charge in [-0.1, -0.05) is 13.8 Å². The molecule has 0 aliphatic rings. The van der Waals surface area contributed by atoms with E-state index in [9.17, 15) is 9.59 Å². The Labute approximate surface area is 164 Å². The summed E-state index contributed by atoms with van der Waals surface area (Å²) in [6.07, 6.45) is 2.67. The topological polar surface area (TPSA) is 78.5 Å². The van der Waals surface area contributed by atoms with Crippen molar-refractivity contribution in [2.24, 2.45) is 5.92 Å². The van der Waals surface area contributed by atoms with E-state index in [4.69, 9.17) is 4.74 Å². The first-order chi connectivity index (χ1) is 13.3. The third-order valence-electron chi connectivity index (χ3n) is 4.95. The quantitative estimate of drug-likeness (QED) is 0.461. The van der Waals surface area contributed by atoms with E-state index in [-0.39, 0.29) is 12.4 Å². The number of ketones is 1. The van der Waals surface area contributed by atoms with E-state index in [2.05, 4.69) is 28.6 Å². The van der Waals surface area contributed by atoms with Gasteiger partial charge in [-0.3, -0.25) is 9.20 Å². The van der Waals surface area contributed by atoms with E-state index in [1.165, 1.54) is 0 Å². The maximum Gasteiger partial charge on any atom is 0.340 e. The number of Topliss-reactive ketones (excluding diaryl/α,β-unsaturated/α-hetero) is 1. The first kappa shape index (κ1) is 19.8. The van der Waals surface area contributed by atoms with Gasteiger partial charge in [0.2, 0.25) is 5.78 Å². The number of carbonyl (C=O) groups is 2. The van der Waals surface area contributed by atoms with Gasteiger partial charge >= 0.3 is 5.97 Å². The van der Waals surface area contributed by atoms with Crippen molar-refractivity contribution in [1.82, 2.24) is 19.2 Å². The van der Waals surface area contributed by atoms with Crippen LogP contribution in [0.25, 0.3) is 5.65 Å². The minimum absolute atomic E-state index is 0.196. The predicted octanol–water partition coefficient (Wildman–Crippen LogP) is 3.54. The monoisotopic (exact) mass is 382 g/mol. The Bertz CT molecular complexity index is 1030. The lowest BCUT2D eigenvalue weighted by atomic mass is 10.1. The lowest BCUT2D eigenvalue weighted by Gasteiger charge is -2.11. The Hall–Kier alpha value is -2.96. The standard InChI is InChI=1S/C21H26N4O3/c1-13(2)8-9-24-14(3)10-18(15(24)4)19(26)12-28-21(27)17-6-7-20-23-22-16(5)25(20)11-17/h6-7,10-11,13H,8-9,12H2,1-5H3. The number of hydrogen-bond acceptors (Lipinski definition) is 5. The molecule has 28 heavy (non-hydrogen) atoms. The summed E-state index contributed by atoms with van der Waals surface area (Å²) in [6, 6.07) is 5.19. The predicted molar refractivity (Wildman–Crippen MR) is 106 cm³/mol. The third kappa shape index (κ3) is 3.98. The highest BCUT2D eigenvalue weighted by molar-refractivity contribution is 6.00. The molecule has 0 saturated heterocycles. The molecule has 3 rings (SSSR count). The molecule has 0 fully saturated rings. The molecule has 3 aromatic heterocycles. The fourth-order valence-electron chi connectivity index (χ4n) is 3.23. The second-order valence-electron chi connectivity index (χ2n) is 7.51. The average molecular weight is 382 g/mol. The van der Waals surface area contributed by atoms with Crippen LogP contribution >= 0.6 is 0 Å². The summed E-state index contributed by atoms with van der Waals surface area (Å²) in [7, 11) is 0. The van der Waals surface area contributed by atoms with Crippen LogP contribution in [0, 0.1) is 26.7 Å². The smallest absolute Gasteiger partial charge is 0.340 e. The van der Waals surface area contributed by atoms with Crippen LogP contribution in [0.2, 0.25) is 0 Å². The van der Waals surface area contributed by atoms with Gasteiger partial charge in [0.15, 0.2) is 12.3 Å². The normalized spacial score (nSPS) is 11.4. The van der Waals surface area contributed by atoms with E-state index in [0.29, 0.717) is 28.5 Å². The largest absolute Gasteiger partial charge is 0.454 e. The number of carbonyl (C=O) groups excluding carboxylic acids is 2. The van der Waals surface area contributed by atoms with Crippen molar-refractivity contribution in [1.29, 1.82) is 0 Å². The van der Waals surface area contributed by atoms with Crippen molar-refractivity contribution in [3.63, 3.8) is 0 Å². The van der Waals surface area contributed by atoms with Gasteiger partial charge in [-0.2, -0.15) is 0 Å². The highest BCUT2D eigenvalue weighted by Crippen LogP contribution is 2.18. The summed E-state index contributed by atoms with van der Waals surface area (Å²) in [4.78, 5) is 25.0. The van der Waals surface area contributed by atoms with Crippen LogP contribution in [0.15, 0.2) is 24.4 Å². The van der Waals surface area contributed by atoms with Crippen LogP contribution < -0.4 is 0 Å². The first-order valence-corrected chi connectivity index (χ1v) is 9.46. The number of aromatic nitrogens is 4. The van der Waals surface area contributed by atoms with Crippen molar-refractivity contribution in [3.05, 3.63) is 52.7 Å². The summed E-state index contributed by atoms with van der Waals surface area (Å²) in [5.41, 5.74) is 3.57. The van der Waals surface area contributed by atoms with E-state index in [1.54, 1.807) is 29.7 Å². The minimum atomic E-state index is -0.544. The summed E-state index contributed by atoms with van der Waals surface area (Å²) < 4.78 is 9.12. The van der Waals surface area contributed by atoms with Gasteiger partial charge in [-0.15, -0.1) is 10.2 Å². The lowest BCUT2D eigenvalue weighted by Crippen LogP contribution is -2.15. The second-order valence-corrected chi connectivity index (χ2v) is 7.51. The molecule has 3 heterocycles. The highest BCUT2D eigenvalue weighted by atomic mass is 16.5. The average Bonchev–Trinajstić information content (AvgIpc) is 3.17. The van der Waals surface area contributed by atoms with Crippen molar-refractivity contribution in [2.75, 3.05) is 6.61 Å². The summed E-state index contributed by atoms with van der Waals surface area (Å²) in [6.45, 7) is 10.7. The van der Waals surface area contributed by atoms with Gasteiger partial charge in [-0.05, 0) is 51.3 Å². The van der Waals surface area contributed by atoms with Crippen molar-refractivity contribution >= 4 is 17.4 Å². The molecule has 7 nitrogen and oxygen atoms in total. The first-order valence-electron chi connectivity index (χ1n) is 9.46. The van der Waals surface area contributed by atoms with E-state index in [1.807, 2.05) is 19.9 Å². The number of nitrogens with zero attached hydrogens (tertiary/aromatic N) is 4. The van der Waals surface area contributed by atoms with Crippen molar-refractivity contribution in [2.45, 2.75) is 47.6 Å². The Balaban J connectivity index is 1.68. The maximum atomic E-state index is 12.6. The van der Waals surface area contributed by atoms with Crippen LogP contribution in [0.3, 0.4) is 0 Å². The van der Waals surface area contributed by atoms with Crippen LogP contribution in [-0.4, -0.2) is 37.5 Å². The SMILES string of the molecule is Cc1cc(C(=O)COC(=O)c2ccc3nnc(C)n3c2)c(C)n1CCC(C)C. The zero-order valence-electron chi connectivity index (χ0n) is 17.0. The molecule has 148 valence electrons. The molecule has 0 saturated carbocycles. The molecule has 0 amide bonds. The maximum absolute atomic E-state index is 12.6. The highest BCUT2D eigenvalue weighted by Gasteiger charge is 2.18. The molecule has 0 N–H and O–H groups in total. The number of esters is 1. The molecular formula is C21H26N4O3. The zero-order valence-corrected chi connectivity index (χ0v) is 17.0. The third-order valence-corrected chi connectivity index (χ3v) is 4.95. The number of ether oxygens (including phenoxy) is 1. The number of aryl methyl sites for hydroxylation is 2. The van der Waals surface area contributed by atoms with Gasteiger partial charge in [-0.25, -0.2) is 4.79 Å². The van der Waals surface area contributed by atoms with Gasteiger partial charge in [0.25, 0.3) is 0 Å². The number of rotatable bonds is 7. The van der Waals surface area contributed by atoms with Gasteiger partial charge in [0, 0.05) is 29.7 Å². The van der Waals surface area contributed by atoms with Gasteiger partial charge in [0.1, 0.15) is 5.82 Å². The van der Waals surface area contributed by atoms with Crippen LogP contribution in [0.4, 0.5) is 0 Å². The van der Waals surface area contributed by atoms with E-state index in [0.717, 1.165) is 24.4 Å². The fraction of sp³-hybridized carbons (Fsp3) is 0.429. The van der Waals surface area contributed by atoms with Crippen LogP contribution in [-0.2, 0) is 11.3 Å². The van der Waals surface area contributed by atoms with Crippen molar-refractivity contribution < 1.29 is 14.3 Å². The van der Waals surface area contributed by atoms with Crippen LogP contribution in [0.5, 0.6) is 0 Å². The second kappa shape index (κ2) is 7.96. The Morgan fingerprint density at radius 1 is 1.14 bits per heavy atom. The summed E-state index contributed by atoms with van der Waals surface area (Å²) >= 11 is 0. The summed E-state index contributed by atoms with van der Waals surface area (Å²) in [5, 5.41) is 7.94. The molecule has 0 aliphatic heterocycles. The molecule has 3 aromatic rings. The number of fused-ring (bicyclic) bond motifs is 1.